The van der Waals surface area contributed by atoms with Gasteiger partial charge in [0, 0.05) is 24.0 Å². The van der Waals surface area contributed by atoms with Crippen molar-refractivity contribution in [1.29, 1.82) is 0 Å². The molecule has 130 valence electrons. The minimum Gasteiger partial charge on any atom is -0.384 e. The Bertz CT molecular complexity index is 476. The summed E-state index contributed by atoms with van der Waals surface area (Å²) >= 11 is 1.41. The standard InChI is InChI=1S/C16H23FN2O2S.ClH/c1-21-12-16(6-8-18-9-7-16)11-19-15(20)10-22-14-4-2-13(17)3-5-14;/h2-5,18H,6-12H2,1H3,(H,19,20);1H. The number of nitrogens with one attached hydrogen (secondary N) is 2. The smallest absolute Gasteiger partial charge is 0.230 e. The molecular formula is C16H24ClFN2O2S. The molecule has 0 spiro atoms. The fraction of sp³-hybridized carbons (Fsp3) is 0.562. The topological polar surface area (TPSA) is 50.4 Å². The fourth-order valence-corrected chi connectivity index (χ4v) is 3.38. The highest BCUT2D eigenvalue weighted by molar-refractivity contribution is 8.00. The molecule has 0 bridgehead atoms. The van der Waals surface area contributed by atoms with Crippen LogP contribution < -0.4 is 10.6 Å². The lowest BCUT2D eigenvalue weighted by Gasteiger charge is -2.37. The van der Waals surface area contributed by atoms with Crippen LogP contribution in [0.1, 0.15) is 12.8 Å². The Labute approximate surface area is 147 Å². The number of methoxy groups -OCH3 is 1. The Hall–Kier alpha value is -0.820. The summed E-state index contributed by atoms with van der Waals surface area (Å²) in [5, 5.41) is 6.35. The minimum absolute atomic E-state index is 0. The van der Waals surface area contributed by atoms with Gasteiger partial charge in [0.1, 0.15) is 5.82 Å². The van der Waals surface area contributed by atoms with Gasteiger partial charge in [0.25, 0.3) is 0 Å². The highest BCUT2D eigenvalue weighted by Crippen LogP contribution is 2.28. The maximum atomic E-state index is 12.8. The number of rotatable bonds is 7. The van der Waals surface area contributed by atoms with Crippen LogP contribution >= 0.6 is 24.2 Å². The second-order valence-corrected chi connectivity index (χ2v) is 6.75. The summed E-state index contributed by atoms with van der Waals surface area (Å²) in [6.07, 6.45) is 2.01. The van der Waals surface area contributed by atoms with E-state index in [2.05, 4.69) is 10.6 Å². The van der Waals surface area contributed by atoms with E-state index in [0.29, 0.717) is 18.9 Å². The number of carbonyl (C=O) groups is 1. The third kappa shape index (κ3) is 6.67. The summed E-state index contributed by atoms with van der Waals surface area (Å²) in [4.78, 5) is 12.9. The van der Waals surface area contributed by atoms with Gasteiger partial charge in [0.05, 0.1) is 12.4 Å². The molecule has 1 aromatic rings. The second-order valence-electron chi connectivity index (χ2n) is 5.70. The van der Waals surface area contributed by atoms with E-state index in [0.717, 1.165) is 30.8 Å². The van der Waals surface area contributed by atoms with Crippen molar-refractivity contribution < 1.29 is 13.9 Å². The van der Waals surface area contributed by atoms with Gasteiger partial charge in [-0.25, -0.2) is 4.39 Å². The Kier molecular flexibility index (Phi) is 8.91. The SMILES string of the molecule is COCC1(CNC(=O)CSc2ccc(F)cc2)CCNCC1.Cl. The Balaban J connectivity index is 0.00000264. The first-order chi connectivity index (χ1) is 10.6. The lowest BCUT2D eigenvalue weighted by atomic mass is 9.79. The second kappa shape index (κ2) is 10.1. The number of ether oxygens (including phenoxy) is 1. The summed E-state index contributed by atoms with van der Waals surface area (Å²) in [6, 6.07) is 6.19. The van der Waals surface area contributed by atoms with E-state index in [1.54, 1.807) is 19.2 Å². The molecule has 2 rings (SSSR count). The summed E-state index contributed by atoms with van der Waals surface area (Å²) in [5.74, 6) is 0.0805. The minimum atomic E-state index is -0.263. The van der Waals surface area contributed by atoms with Crippen LogP contribution in [0.3, 0.4) is 0 Å². The average Bonchev–Trinajstić information content (AvgIpc) is 2.54. The van der Waals surface area contributed by atoms with Gasteiger partial charge in [0.2, 0.25) is 5.91 Å². The van der Waals surface area contributed by atoms with E-state index in [4.69, 9.17) is 4.74 Å². The molecule has 1 saturated heterocycles. The van der Waals surface area contributed by atoms with Crippen molar-refractivity contribution in [2.45, 2.75) is 17.7 Å². The fourth-order valence-electron chi connectivity index (χ4n) is 2.65. The van der Waals surface area contributed by atoms with E-state index < -0.39 is 0 Å². The van der Waals surface area contributed by atoms with Gasteiger partial charge in [-0.1, -0.05) is 0 Å². The Morgan fingerprint density at radius 2 is 2.00 bits per heavy atom. The number of benzene rings is 1. The van der Waals surface area contributed by atoms with Crippen LogP contribution in [0.4, 0.5) is 4.39 Å². The molecule has 4 nitrogen and oxygen atoms in total. The predicted molar refractivity (Wildman–Crippen MR) is 93.8 cm³/mol. The zero-order chi connectivity index (χ0) is 15.8. The van der Waals surface area contributed by atoms with Crippen molar-refractivity contribution >= 4 is 30.1 Å². The van der Waals surface area contributed by atoms with E-state index in [1.165, 1.54) is 23.9 Å². The summed E-state index contributed by atoms with van der Waals surface area (Å²) < 4.78 is 18.2. The van der Waals surface area contributed by atoms with Crippen LogP contribution in [0.2, 0.25) is 0 Å². The molecule has 0 aromatic heterocycles. The largest absolute Gasteiger partial charge is 0.384 e. The lowest BCUT2D eigenvalue weighted by molar-refractivity contribution is -0.119. The maximum absolute atomic E-state index is 12.8. The van der Waals surface area contributed by atoms with Crippen molar-refractivity contribution in [3.63, 3.8) is 0 Å². The average molecular weight is 363 g/mol. The summed E-state index contributed by atoms with van der Waals surface area (Å²) in [6.45, 7) is 3.23. The van der Waals surface area contributed by atoms with Crippen LogP contribution in [-0.4, -0.2) is 45.0 Å². The molecule has 1 amide bonds. The molecule has 0 atom stereocenters. The van der Waals surface area contributed by atoms with E-state index in [-0.39, 0.29) is 29.5 Å². The number of thioether (sulfide) groups is 1. The zero-order valence-electron chi connectivity index (χ0n) is 13.3. The molecule has 0 saturated carbocycles. The molecule has 2 N–H and O–H groups in total. The number of carbonyl (C=O) groups excluding carboxylic acids is 1. The highest BCUT2D eigenvalue weighted by atomic mass is 35.5. The molecule has 0 unspecified atom stereocenters. The third-order valence-electron chi connectivity index (χ3n) is 3.96. The van der Waals surface area contributed by atoms with Crippen LogP contribution in [0.15, 0.2) is 29.2 Å². The van der Waals surface area contributed by atoms with Crippen molar-refractivity contribution in [3.8, 4) is 0 Å². The molecule has 0 radical (unpaired) electrons. The first-order valence-electron chi connectivity index (χ1n) is 7.48. The van der Waals surface area contributed by atoms with Crippen LogP contribution in [0.5, 0.6) is 0 Å². The van der Waals surface area contributed by atoms with E-state index >= 15 is 0 Å². The summed E-state index contributed by atoms with van der Waals surface area (Å²) in [5.41, 5.74) is 0.0379. The van der Waals surface area contributed by atoms with Crippen LogP contribution in [0.25, 0.3) is 0 Å². The van der Waals surface area contributed by atoms with Gasteiger partial charge >= 0.3 is 0 Å². The zero-order valence-corrected chi connectivity index (χ0v) is 14.9. The van der Waals surface area contributed by atoms with Crippen molar-refractivity contribution in [2.24, 2.45) is 5.41 Å². The lowest BCUT2D eigenvalue weighted by Crippen LogP contribution is -2.47. The molecule has 23 heavy (non-hydrogen) atoms. The first kappa shape index (κ1) is 20.2. The summed E-state index contributed by atoms with van der Waals surface area (Å²) in [7, 11) is 1.70. The highest BCUT2D eigenvalue weighted by Gasteiger charge is 2.32. The maximum Gasteiger partial charge on any atom is 0.230 e. The quantitative estimate of drug-likeness (QED) is 0.732. The van der Waals surface area contributed by atoms with Gasteiger partial charge in [-0.2, -0.15) is 0 Å². The monoisotopic (exact) mass is 362 g/mol. The van der Waals surface area contributed by atoms with Gasteiger partial charge in [-0.3, -0.25) is 4.79 Å². The number of hydrogen-bond acceptors (Lipinski definition) is 4. The van der Waals surface area contributed by atoms with Crippen LogP contribution in [0, 0.1) is 11.2 Å². The molecule has 1 aliphatic rings. The molecular weight excluding hydrogens is 339 g/mol. The van der Waals surface area contributed by atoms with Crippen molar-refractivity contribution in [2.75, 3.05) is 39.1 Å². The number of halogens is 2. The molecule has 1 aromatic carbocycles. The van der Waals surface area contributed by atoms with Gasteiger partial charge in [-0.05, 0) is 50.2 Å². The Morgan fingerprint density at radius 1 is 1.35 bits per heavy atom. The predicted octanol–water partition coefficient (Wildman–Crippen LogP) is 2.47. The first-order valence-corrected chi connectivity index (χ1v) is 8.47. The molecule has 1 heterocycles. The van der Waals surface area contributed by atoms with Gasteiger partial charge in [-0.15, -0.1) is 24.2 Å². The Morgan fingerprint density at radius 3 is 2.61 bits per heavy atom. The van der Waals surface area contributed by atoms with Crippen LogP contribution in [-0.2, 0) is 9.53 Å². The number of amides is 1. The van der Waals surface area contributed by atoms with E-state index in [1.807, 2.05) is 0 Å². The van der Waals surface area contributed by atoms with Gasteiger partial charge in [0.15, 0.2) is 0 Å². The molecule has 0 aliphatic carbocycles. The van der Waals surface area contributed by atoms with Crippen molar-refractivity contribution in [1.82, 2.24) is 10.6 Å². The van der Waals surface area contributed by atoms with Crippen molar-refractivity contribution in [3.05, 3.63) is 30.1 Å². The number of piperidine rings is 1. The normalized spacial score (nSPS) is 16.4. The van der Waals surface area contributed by atoms with Gasteiger partial charge < -0.3 is 15.4 Å². The third-order valence-corrected chi connectivity index (χ3v) is 4.97. The van der Waals surface area contributed by atoms with E-state index in [9.17, 15) is 9.18 Å². The molecule has 7 heteroatoms. The molecule has 1 aliphatic heterocycles. The molecule has 1 fully saturated rings. The number of hydrogen-bond donors (Lipinski definition) is 2.